The summed E-state index contributed by atoms with van der Waals surface area (Å²) >= 11 is 0. The molecular weight excluding hydrogens is 180 g/mol. The van der Waals surface area contributed by atoms with Crippen molar-refractivity contribution in [2.45, 2.75) is 31.2 Å². The fraction of sp³-hybridized carbons (Fsp3) is 0.900. The minimum Gasteiger partial charge on any atom is -0.381 e. The summed E-state index contributed by atoms with van der Waals surface area (Å²) < 4.78 is 5.26. The Bertz CT molecular complexity index is 220. The first-order chi connectivity index (χ1) is 6.71. The average molecular weight is 198 g/mol. The predicted molar refractivity (Wildman–Crippen MR) is 52.7 cm³/mol. The molecule has 2 fully saturated rings. The van der Waals surface area contributed by atoms with Crippen LogP contribution in [0.25, 0.3) is 0 Å². The van der Waals surface area contributed by atoms with Crippen LogP contribution in [0.2, 0.25) is 0 Å². The van der Waals surface area contributed by atoms with Gasteiger partial charge in [-0.05, 0) is 31.6 Å². The normalized spacial score (nSPS) is 28.8. The van der Waals surface area contributed by atoms with Gasteiger partial charge in [-0.25, -0.2) is 0 Å². The molecule has 1 heterocycles. The van der Waals surface area contributed by atoms with E-state index in [0.29, 0.717) is 5.92 Å². The number of carbonyl (C=O) groups excluding carboxylic acids is 1. The summed E-state index contributed by atoms with van der Waals surface area (Å²) in [5.41, 5.74) is 5.23. The molecule has 0 radical (unpaired) electrons. The quantitative estimate of drug-likeness (QED) is 0.669. The van der Waals surface area contributed by atoms with Gasteiger partial charge < -0.3 is 15.8 Å². The van der Waals surface area contributed by atoms with Crippen LogP contribution in [0.4, 0.5) is 0 Å². The highest BCUT2D eigenvalue weighted by Crippen LogP contribution is 2.32. The maximum absolute atomic E-state index is 11.4. The lowest BCUT2D eigenvalue weighted by atomic mass is 10.1. The van der Waals surface area contributed by atoms with Gasteiger partial charge in [-0.1, -0.05) is 0 Å². The highest BCUT2D eigenvalue weighted by atomic mass is 16.5. The van der Waals surface area contributed by atoms with Crippen LogP contribution in [0.5, 0.6) is 0 Å². The van der Waals surface area contributed by atoms with Crippen LogP contribution in [0, 0.1) is 5.92 Å². The Morgan fingerprint density at radius 1 is 1.57 bits per heavy atom. The van der Waals surface area contributed by atoms with Gasteiger partial charge in [-0.2, -0.15) is 0 Å². The lowest BCUT2D eigenvalue weighted by molar-refractivity contribution is -0.123. The maximum Gasteiger partial charge on any atom is 0.240 e. The summed E-state index contributed by atoms with van der Waals surface area (Å²) in [7, 11) is 0. The fourth-order valence-corrected chi connectivity index (χ4v) is 1.74. The van der Waals surface area contributed by atoms with Gasteiger partial charge in [0.1, 0.15) is 0 Å². The van der Waals surface area contributed by atoms with E-state index >= 15 is 0 Å². The van der Waals surface area contributed by atoms with Gasteiger partial charge in [-0.15, -0.1) is 0 Å². The van der Waals surface area contributed by atoms with Crippen molar-refractivity contribution in [3.63, 3.8) is 0 Å². The molecule has 3 N–H and O–H groups in total. The molecule has 1 atom stereocenters. The molecule has 1 saturated carbocycles. The third-order valence-electron chi connectivity index (χ3n) is 3.10. The Kier molecular flexibility index (Phi) is 2.74. The Labute approximate surface area is 84.2 Å². The second kappa shape index (κ2) is 3.87. The SMILES string of the molecule is NC1(C(=O)NCCC2CCOC2)CC1. The number of rotatable bonds is 4. The van der Waals surface area contributed by atoms with Crippen LogP contribution >= 0.6 is 0 Å². The van der Waals surface area contributed by atoms with E-state index in [-0.39, 0.29) is 5.91 Å². The zero-order valence-corrected chi connectivity index (χ0v) is 8.42. The summed E-state index contributed by atoms with van der Waals surface area (Å²) in [6.07, 6.45) is 3.82. The lowest BCUT2D eigenvalue weighted by Crippen LogP contribution is -2.43. The summed E-state index contributed by atoms with van der Waals surface area (Å²) in [5.74, 6) is 0.652. The largest absolute Gasteiger partial charge is 0.381 e. The van der Waals surface area contributed by atoms with Crippen molar-refractivity contribution < 1.29 is 9.53 Å². The van der Waals surface area contributed by atoms with Gasteiger partial charge in [-0.3, -0.25) is 4.79 Å². The Balaban J connectivity index is 1.60. The molecule has 4 nitrogen and oxygen atoms in total. The van der Waals surface area contributed by atoms with E-state index in [9.17, 15) is 4.79 Å². The molecule has 2 aliphatic rings. The molecule has 2 rings (SSSR count). The minimum atomic E-state index is -0.522. The molecular formula is C10H18N2O2. The highest BCUT2D eigenvalue weighted by molar-refractivity contribution is 5.88. The Morgan fingerprint density at radius 2 is 2.36 bits per heavy atom. The second-order valence-corrected chi connectivity index (χ2v) is 4.43. The van der Waals surface area contributed by atoms with Crippen LogP contribution in [-0.2, 0) is 9.53 Å². The van der Waals surface area contributed by atoms with E-state index in [1.807, 2.05) is 0 Å². The minimum absolute atomic E-state index is 0.0245. The summed E-state index contributed by atoms with van der Waals surface area (Å²) in [6.45, 7) is 2.47. The standard InChI is InChI=1S/C10H18N2O2/c11-10(3-4-10)9(13)12-5-1-8-2-6-14-7-8/h8H,1-7,11H2,(H,12,13). The summed E-state index contributed by atoms with van der Waals surface area (Å²) in [5, 5.41) is 2.89. The molecule has 1 unspecified atom stereocenters. The fourth-order valence-electron chi connectivity index (χ4n) is 1.74. The van der Waals surface area contributed by atoms with Crippen molar-refractivity contribution in [3.05, 3.63) is 0 Å². The number of nitrogens with two attached hydrogens (primary N) is 1. The van der Waals surface area contributed by atoms with Gasteiger partial charge in [0.2, 0.25) is 5.91 Å². The summed E-state index contributed by atoms with van der Waals surface area (Å²) in [6, 6.07) is 0. The Morgan fingerprint density at radius 3 is 2.93 bits per heavy atom. The van der Waals surface area contributed by atoms with Crippen LogP contribution in [0.1, 0.15) is 25.7 Å². The molecule has 80 valence electrons. The molecule has 0 bridgehead atoms. The first-order valence-electron chi connectivity index (χ1n) is 5.36. The monoisotopic (exact) mass is 198 g/mol. The van der Waals surface area contributed by atoms with E-state index in [1.54, 1.807) is 0 Å². The molecule has 0 aromatic carbocycles. The zero-order valence-electron chi connectivity index (χ0n) is 8.42. The van der Waals surface area contributed by atoms with Gasteiger partial charge >= 0.3 is 0 Å². The molecule has 1 aliphatic carbocycles. The van der Waals surface area contributed by atoms with Crippen molar-refractivity contribution in [3.8, 4) is 0 Å². The van der Waals surface area contributed by atoms with Gasteiger partial charge in [0, 0.05) is 19.8 Å². The van der Waals surface area contributed by atoms with E-state index in [1.165, 1.54) is 0 Å². The van der Waals surface area contributed by atoms with Crippen molar-refractivity contribution in [2.75, 3.05) is 19.8 Å². The van der Waals surface area contributed by atoms with Crippen molar-refractivity contribution >= 4 is 5.91 Å². The van der Waals surface area contributed by atoms with Crippen LogP contribution in [0.3, 0.4) is 0 Å². The number of carbonyl (C=O) groups is 1. The second-order valence-electron chi connectivity index (χ2n) is 4.43. The highest BCUT2D eigenvalue weighted by Gasteiger charge is 2.45. The lowest BCUT2D eigenvalue weighted by Gasteiger charge is -2.11. The average Bonchev–Trinajstić information content (AvgIpc) is 2.73. The van der Waals surface area contributed by atoms with Gasteiger partial charge in [0.05, 0.1) is 5.54 Å². The molecule has 4 heteroatoms. The van der Waals surface area contributed by atoms with E-state index < -0.39 is 5.54 Å². The Hall–Kier alpha value is -0.610. The summed E-state index contributed by atoms with van der Waals surface area (Å²) in [4.78, 5) is 11.4. The van der Waals surface area contributed by atoms with Gasteiger partial charge in [0.15, 0.2) is 0 Å². The van der Waals surface area contributed by atoms with E-state index in [2.05, 4.69) is 5.32 Å². The molecule has 1 saturated heterocycles. The van der Waals surface area contributed by atoms with Gasteiger partial charge in [0.25, 0.3) is 0 Å². The molecule has 14 heavy (non-hydrogen) atoms. The topological polar surface area (TPSA) is 64.4 Å². The molecule has 0 aromatic rings. The third kappa shape index (κ3) is 2.25. The van der Waals surface area contributed by atoms with Crippen molar-refractivity contribution in [1.29, 1.82) is 0 Å². The first kappa shape index (κ1) is 9.93. The number of ether oxygens (including phenoxy) is 1. The van der Waals surface area contributed by atoms with E-state index in [4.69, 9.17) is 10.5 Å². The van der Waals surface area contributed by atoms with Crippen molar-refractivity contribution in [1.82, 2.24) is 5.32 Å². The first-order valence-corrected chi connectivity index (χ1v) is 5.36. The molecule has 1 aliphatic heterocycles. The number of amides is 1. The maximum atomic E-state index is 11.4. The molecule has 1 amide bonds. The van der Waals surface area contributed by atoms with Crippen LogP contribution < -0.4 is 11.1 Å². The smallest absolute Gasteiger partial charge is 0.240 e. The van der Waals surface area contributed by atoms with Crippen molar-refractivity contribution in [2.24, 2.45) is 11.7 Å². The predicted octanol–water partition coefficient (Wildman–Crippen LogP) is 0.0205. The number of hydrogen-bond acceptors (Lipinski definition) is 3. The molecule has 0 spiro atoms. The van der Waals surface area contributed by atoms with Crippen LogP contribution in [0.15, 0.2) is 0 Å². The molecule has 0 aromatic heterocycles. The number of nitrogens with one attached hydrogen (secondary N) is 1. The number of hydrogen-bond donors (Lipinski definition) is 2. The van der Waals surface area contributed by atoms with Crippen LogP contribution in [-0.4, -0.2) is 31.2 Å². The zero-order chi connectivity index (χ0) is 10.0. The van der Waals surface area contributed by atoms with E-state index in [0.717, 1.165) is 45.4 Å². The third-order valence-corrected chi connectivity index (χ3v) is 3.10.